The molecule has 0 aromatic heterocycles. The minimum Gasteiger partial charge on any atom is -0.497 e. The van der Waals surface area contributed by atoms with Gasteiger partial charge in [0.15, 0.2) is 0 Å². The van der Waals surface area contributed by atoms with Crippen molar-refractivity contribution in [3.8, 4) is 5.75 Å². The lowest BCUT2D eigenvalue weighted by atomic mass is 9.88. The molecule has 2 aliphatic rings. The minimum atomic E-state index is -1.05. The van der Waals surface area contributed by atoms with Crippen molar-refractivity contribution in [2.75, 3.05) is 20.2 Å². The Morgan fingerprint density at radius 2 is 1.83 bits per heavy atom. The molecule has 2 aliphatic heterocycles. The van der Waals surface area contributed by atoms with E-state index in [1.54, 1.807) is 36.3 Å². The number of benzene rings is 2. The third-order valence-electron chi connectivity index (χ3n) is 5.55. The molecule has 4 rings (SSSR count). The maximum absolute atomic E-state index is 13.2. The van der Waals surface area contributed by atoms with Crippen LogP contribution >= 0.6 is 0 Å². The van der Waals surface area contributed by atoms with Gasteiger partial charge in [-0.3, -0.25) is 14.5 Å². The molecule has 0 bridgehead atoms. The van der Waals surface area contributed by atoms with Crippen LogP contribution in [-0.4, -0.2) is 53.4 Å². The van der Waals surface area contributed by atoms with E-state index in [4.69, 9.17) is 4.74 Å². The van der Waals surface area contributed by atoms with Crippen LogP contribution in [-0.2, 0) is 11.3 Å². The first-order valence-corrected chi connectivity index (χ1v) is 9.64. The van der Waals surface area contributed by atoms with E-state index in [0.717, 1.165) is 5.56 Å². The van der Waals surface area contributed by atoms with Gasteiger partial charge in [-0.2, -0.15) is 0 Å². The highest BCUT2D eigenvalue weighted by molar-refractivity contribution is 6.07. The van der Waals surface area contributed by atoms with Crippen molar-refractivity contribution in [3.05, 3.63) is 65.7 Å². The van der Waals surface area contributed by atoms with Gasteiger partial charge >= 0.3 is 6.03 Å². The molecule has 4 amide bonds. The SMILES string of the molecule is COc1ccc(C(=O)N2CCC[C@]3(C2)NC(=O)N(Cc2ccccc2)C3=O)cc1. The van der Waals surface area contributed by atoms with Crippen LogP contribution in [0.15, 0.2) is 54.6 Å². The van der Waals surface area contributed by atoms with Gasteiger partial charge in [0.25, 0.3) is 11.8 Å². The molecule has 1 N–H and O–H groups in total. The summed E-state index contributed by atoms with van der Waals surface area (Å²) in [5.74, 6) is 0.250. The fourth-order valence-electron chi connectivity index (χ4n) is 4.01. The van der Waals surface area contributed by atoms with Crippen LogP contribution in [0.3, 0.4) is 0 Å². The Labute approximate surface area is 169 Å². The number of hydrogen-bond donors (Lipinski definition) is 1. The molecule has 1 spiro atoms. The van der Waals surface area contributed by atoms with Crippen molar-refractivity contribution in [3.63, 3.8) is 0 Å². The topological polar surface area (TPSA) is 79.0 Å². The number of amides is 4. The molecule has 0 unspecified atom stereocenters. The lowest BCUT2D eigenvalue weighted by Gasteiger charge is -2.38. The summed E-state index contributed by atoms with van der Waals surface area (Å²) in [5.41, 5.74) is 0.363. The molecule has 1 atom stereocenters. The Bertz CT molecular complexity index is 929. The van der Waals surface area contributed by atoms with Crippen LogP contribution in [0.1, 0.15) is 28.8 Å². The first-order valence-electron chi connectivity index (χ1n) is 9.64. The molecule has 2 aromatic carbocycles. The molecule has 0 saturated carbocycles. The number of methoxy groups -OCH3 is 1. The van der Waals surface area contributed by atoms with Gasteiger partial charge in [-0.1, -0.05) is 30.3 Å². The van der Waals surface area contributed by atoms with Gasteiger partial charge in [-0.05, 0) is 42.7 Å². The number of likely N-dealkylation sites (tertiary alicyclic amines) is 1. The van der Waals surface area contributed by atoms with Crippen LogP contribution in [0, 0.1) is 0 Å². The Kier molecular flexibility index (Phi) is 4.96. The summed E-state index contributed by atoms with van der Waals surface area (Å²) in [5, 5.41) is 2.87. The number of nitrogens with one attached hydrogen (secondary N) is 1. The zero-order valence-corrected chi connectivity index (χ0v) is 16.3. The van der Waals surface area contributed by atoms with E-state index in [2.05, 4.69) is 5.32 Å². The van der Waals surface area contributed by atoms with Gasteiger partial charge in [0.1, 0.15) is 11.3 Å². The van der Waals surface area contributed by atoms with E-state index in [-0.39, 0.29) is 24.9 Å². The van der Waals surface area contributed by atoms with Crippen molar-refractivity contribution < 1.29 is 19.1 Å². The standard InChI is InChI=1S/C22H23N3O4/c1-29-18-10-8-17(9-11-18)19(26)24-13-5-12-22(15-24)20(27)25(21(28)23-22)14-16-6-3-2-4-7-16/h2-4,6-11H,5,12-15H2,1H3,(H,23,28)/t22-/m1/s1. The van der Waals surface area contributed by atoms with Gasteiger partial charge in [-0.15, -0.1) is 0 Å². The summed E-state index contributed by atoms with van der Waals surface area (Å²) in [4.78, 5) is 41.6. The van der Waals surface area contributed by atoms with E-state index in [0.29, 0.717) is 30.7 Å². The summed E-state index contributed by atoms with van der Waals surface area (Å²) in [6.45, 7) is 0.946. The van der Waals surface area contributed by atoms with E-state index in [1.807, 2.05) is 30.3 Å². The summed E-state index contributed by atoms with van der Waals surface area (Å²) in [6, 6.07) is 15.9. The quantitative estimate of drug-likeness (QED) is 0.810. The van der Waals surface area contributed by atoms with Gasteiger partial charge in [-0.25, -0.2) is 4.79 Å². The van der Waals surface area contributed by atoms with E-state index < -0.39 is 11.6 Å². The molecule has 7 heteroatoms. The molecule has 2 aromatic rings. The van der Waals surface area contributed by atoms with Crippen LogP contribution in [0.25, 0.3) is 0 Å². The van der Waals surface area contributed by atoms with E-state index >= 15 is 0 Å². The molecule has 7 nitrogen and oxygen atoms in total. The molecular formula is C22H23N3O4. The number of rotatable bonds is 4. The van der Waals surface area contributed by atoms with Gasteiger partial charge in [0.2, 0.25) is 0 Å². The fourth-order valence-corrected chi connectivity index (χ4v) is 4.01. The van der Waals surface area contributed by atoms with Gasteiger partial charge in [0, 0.05) is 12.1 Å². The number of carbonyl (C=O) groups is 3. The number of urea groups is 1. The predicted octanol–water partition coefficient (Wildman–Crippen LogP) is 2.42. The van der Waals surface area contributed by atoms with Crippen molar-refractivity contribution in [1.82, 2.24) is 15.1 Å². The highest BCUT2D eigenvalue weighted by atomic mass is 16.5. The van der Waals surface area contributed by atoms with E-state index in [1.165, 1.54) is 4.90 Å². The summed E-state index contributed by atoms with van der Waals surface area (Å²) in [7, 11) is 1.57. The molecule has 0 radical (unpaired) electrons. The predicted molar refractivity (Wildman–Crippen MR) is 106 cm³/mol. The molecule has 2 fully saturated rings. The van der Waals surface area contributed by atoms with Crippen molar-refractivity contribution >= 4 is 17.8 Å². The van der Waals surface area contributed by atoms with Crippen molar-refractivity contribution in [1.29, 1.82) is 0 Å². The number of nitrogens with zero attached hydrogens (tertiary/aromatic N) is 2. The summed E-state index contributed by atoms with van der Waals surface area (Å²) in [6.07, 6.45) is 1.17. The van der Waals surface area contributed by atoms with Crippen LogP contribution in [0.5, 0.6) is 5.75 Å². The average Bonchev–Trinajstić information content (AvgIpc) is 2.98. The smallest absolute Gasteiger partial charge is 0.325 e. The number of carbonyl (C=O) groups excluding carboxylic acids is 3. The van der Waals surface area contributed by atoms with Crippen LogP contribution < -0.4 is 10.1 Å². The second kappa shape index (κ2) is 7.58. The zero-order valence-electron chi connectivity index (χ0n) is 16.3. The highest BCUT2D eigenvalue weighted by Gasteiger charge is 2.53. The lowest BCUT2D eigenvalue weighted by Crippen LogP contribution is -2.59. The molecule has 2 heterocycles. The van der Waals surface area contributed by atoms with Gasteiger partial charge in [0.05, 0.1) is 20.2 Å². The summed E-state index contributed by atoms with van der Waals surface area (Å²) >= 11 is 0. The fraction of sp³-hybridized carbons (Fsp3) is 0.318. The molecule has 29 heavy (non-hydrogen) atoms. The number of ether oxygens (including phenoxy) is 1. The Balaban J connectivity index is 1.51. The Hall–Kier alpha value is -3.35. The van der Waals surface area contributed by atoms with E-state index in [9.17, 15) is 14.4 Å². The highest BCUT2D eigenvalue weighted by Crippen LogP contribution is 2.30. The number of piperidine rings is 1. The van der Waals surface area contributed by atoms with Crippen molar-refractivity contribution in [2.24, 2.45) is 0 Å². The first-order chi connectivity index (χ1) is 14.0. The average molecular weight is 393 g/mol. The second-order valence-electron chi connectivity index (χ2n) is 7.45. The Morgan fingerprint density at radius 1 is 1.10 bits per heavy atom. The first kappa shape index (κ1) is 19.0. The molecule has 150 valence electrons. The van der Waals surface area contributed by atoms with Crippen LogP contribution in [0.4, 0.5) is 4.79 Å². The normalized spacial score (nSPS) is 21.4. The Morgan fingerprint density at radius 3 is 2.52 bits per heavy atom. The maximum Gasteiger partial charge on any atom is 0.325 e. The third-order valence-corrected chi connectivity index (χ3v) is 5.55. The lowest BCUT2D eigenvalue weighted by molar-refractivity contribution is -0.133. The second-order valence-corrected chi connectivity index (χ2v) is 7.45. The van der Waals surface area contributed by atoms with Gasteiger partial charge < -0.3 is 15.0 Å². The largest absolute Gasteiger partial charge is 0.497 e. The van der Waals surface area contributed by atoms with Crippen molar-refractivity contribution in [2.45, 2.75) is 24.9 Å². The molecular weight excluding hydrogens is 370 g/mol. The van der Waals surface area contributed by atoms with Crippen LogP contribution in [0.2, 0.25) is 0 Å². The minimum absolute atomic E-state index is 0.157. The number of hydrogen-bond acceptors (Lipinski definition) is 4. The monoisotopic (exact) mass is 393 g/mol. The summed E-state index contributed by atoms with van der Waals surface area (Å²) < 4.78 is 5.13. The molecule has 0 aliphatic carbocycles. The zero-order chi connectivity index (χ0) is 20.4. The third kappa shape index (κ3) is 3.55. The maximum atomic E-state index is 13.2. The molecule has 2 saturated heterocycles. The number of imide groups is 1.